The topological polar surface area (TPSA) is 64.3 Å². The fraction of sp³-hybridized carbons (Fsp3) is 0.500. The van der Waals surface area contributed by atoms with E-state index in [4.69, 9.17) is 10.5 Å². The molecular weight excluding hydrogens is 296 g/mol. The maximum absolute atomic E-state index is 11.6. The van der Waals surface area contributed by atoms with Crippen molar-refractivity contribution in [3.05, 3.63) is 24.3 Å². The molecule has 3 N–H and O–H groups in total. The van der Waals surface area contributed by atoms with Gasteiger partial charge in [0.05, 0.1) is 12.4 Å². The molecule has 1 unspecified atom stereocenters. The highest BCUT2D eigenvalue weighted by atomic mass is 35.5. The first-order valence-corrected chi connectivity index (χ1v) is 7.48. The molecule has 0 fully saturated rings. The van der Waals surface area contributed by atoms with Crippen molar-refractivity contribution in [3.8, 4) is 5.75 Å². The standard InChI is InChI=1S/C14H22N2O2S.ClH/c1-3-18-12-4-6-13(7-5-12)19-10-14(17)16-9-8-11(2)15;/h4-7,11H,3,8-10,15H2,1-2H3,(H,16,17);1H. The van der Waals surface area contributed by atoms with Gasteiger partial charge in [-0.2, -0.15) is 0 Å². The molecule has 6 heteroatoms. The number of carbonyl (C=O) groups excluding carboxylic acids is 1. The minimum absolute atomic E-state index is 0. The zero-order valence-electron chi connectivity index (χ0n) is 11.9. The summed E-state index contributed by atoms with van der Waals surface area (Å²) in [5.41, 5.74) is 5.61. The molecule has 1 aromatic carbocycles. The average Bonchev–Trinajstić information content (AvgIpc) is 2.38. The van der Waals surface area contributed by atoms with E-state index in [2.05, 4.69) is 5.32 Å². The molecule has 1 atom stereocenters. The molecule has 1 rings (SSSR count). The Kier molecular flexibility index (Phi) is 10.3. The number of hydrogen-bond donors (Lipinski definition) is 2. The van der Waals surface area contributed by atoms with E-state index < -0.39 is 0 Å². The Labute approximate surface area is 131 Å². The van der Waals surface area contributed by atoms with E-state index in [1.807, 2.05) is 38.1 Å². The SMILES string of the molecule is CCOc1ccc(SCC(=O)NCCC(C)N)cc1.Cl. The Balaban J connectivity index is 0.00000361. The molecule has 0 heterocycles. The molecule has 1 amide bonds. The smallest absolute Gasteiger partial charge is 0.230 e. The van der Waals surface area contributed by atoms with E-state index in [0.717, 1.165) is 17.1 Å². The van der Waals surface area contributed by atoms with E-state index in [1.54, 1.807) is 0 Å². The summed E-state index contributed by atoms with van der Waals surface area (Å²) in [6, 6.07) is 7.88. The van der Waals surface area contributed by atoms with Crippen LogP contribution in [-0.4, -0.2) is 30.9 Å². The van der Waals surface area contributed by atoms with Gasteiger partial charge < -0.3 is 15.8 Å². The first-order valence-electron chi connectivity index (χ1n) is 6.49. The number of ether oxygens (including phenoxy) is 1. The maximum Gasteiger partial charge on any atom is 0.230 e. The molecule has 0 aliphatic carbocycles. The van der Waals surface area contributed by atoms with Crippen LogP contribution in [0.2, 0.25) is 0 Å². The average molecular weight is 319 g/mol. The van der Waals surface area contributed by atoms with E-state index in [1.165, 1.54) is 11.8 Å². The highest BCUT2D eigenvalue weighted by Crippen LogP contribution is 2.21. The van der Waals surface area contributed by atoms with Crippen molar-refractivity contribution in [2.75, 3.05) is 18.9 Å². The van der Waals surface area contributed by atoms with Crippen LogP contribution in [0.15, 0.2) is 29.2 Å². The molecule has 20 heavy (non-hydrogen) atoms. The Morgan fingerprint density at radius 3 is 2.60 bits per heavy atom. The fourth-order valence-corrected chi connectivity index (χ4v) is 2.17. The number of thioether (sulfide) groups is 1. The minimum Gasteiger partial charge on any atom is -0.494 e. The van der Waals surface area contributed by atoms with Crippen LogP contribution in [0.5, 0.6) is 5.75 Å². The molecule has 0 radical (unpaired) electrons. The van der Waals surface area contributed by atoms with Crippen molar-refractivity contribution in [1.29, 1.82) is 0 Å². The highest BCUT2D eigenvalue weighted by Gasteiger charge is 2.03. The molecule has 0 saturated heterocycles. The molecular formula is C14H23ClN2O2S. The number of nitrogens with two attached hydrogens (primary N) is 1. The number of amides is 1. The lowest BCUT2D eigenvalue weighted by Gasteiger charge is -2.07. The summed E-state index contributed by atoms with van der Waals surface area (Å²) < 4.78 is 5.36. The van der Waals surface area contributed by atoms with Gasteiger partial charge in [-0.3, -0.25) is 4.79 Å². The van der Waals surface area contributed by atoms with Crippen molar-refractivity contribution >= 4 is 30.1 Å². The summed E-state index contributed by atoms with van der Waals surface area (Å²) in [6.45, 7) is 5.19. The normalized spacial score (nSPS) is 11.3. The number of carbonyl (C=O) groups is 1. The van der Waals surface area contributed by atoms with Crippen LogP contribution in [0.4, 0.5) is 0 Å². The quantitative estimate of drug-likeness (QED) is 0.723. The van der Waals surface area contributed by atoms with Crippen LogP contribution in [-0.2, 0) is 4.79 Å². The van der Waals surface area contributed by atoms with Crippen molar-refractivity contribution in [3.63, 3.8) is 0 Å². The minimum atomic E-state index is 0. The predicted molar refractivity (Wildman–Crippen MR) is 86.9 cm³/mol. The monoisotopic (exact) mass is 318 g/mol. The van der Waals surface area contributed by atoms with Crippen LogP contribution < -0.4 is 15.8 Å². The molecule has 0 saturated carbocycles. The molecule has 114 valence electrons. The molecule has 0 aromatic heterocycles. The van der Waals surface area contributed by atoms with E-state index in [-0.39, 0.29) is 24.4 Å². The zero-order chi connectivity index (χ0) is 14.1. The van der Waals surface area contributed by atoms with E-state index in [9.17, 15) is 4.79 Å². The van der Waals surface area contributed by atoms with Gasteiger partial charge in [0.1, 0.15) is 5.75 Å². The zero-order valence-corrected chi connectivity index (χ0v) is 13.6. The van der Waals surface area contributed by atoms with E-state index in [0.29, 0.717) is 18.9 Å². The van der Waals surface area contributed by atoms with Crippen LogP contribution in [0, 0.1) is 0 Å². The van der Waals surface area contributed by atoms with Gasteiger partial charge in [0.15, 0.2) is 0 Å². The summed E-state index contributed by atoms with van der Waals surface area (Å²) in [5.74, 6) is 1.32. The summed E-state index contributed by atoms with van der Waals surface area (Å²) in [4.78, 5) is 12.6. The Morgan fingerprint density at radius 2 is 2.05 bits per heavy atom. The van der Waals surface area contributed by atoms with Gasteiger partial charge in [0, 0.05) is 17.5 Å². The lowest BCUT2D eigenvalue weighted by molar-refractivity contribution is -0.118. The fourth-order valence-electron chi connectivity index (χ4n) is 1.44. The Bertz CT molecular complexity index is 385. The summed E-state index contributed by atoms with van der Waals surface area (Å²) in [6.07, 6.45) is 0.805. The van der Waals surface area contributed by atoms with Crippen molar-refractivity contribution in [1.82, 2.24) is 5.32 Å². The lowest BCUT2D eigenvalue weighted by atomic mass is 10.2. The van der Waals surface area contributed by atoms with Crippen molar-refractivity contribution < 1.29 is 9.53 Å². The molecule has 0 aliphatic rings. The maximum atomic E-state index is 11.6. The van der Waals surface area contributed by atoms with Crippen LogP contribution in [0.3, 0.4) is 0 Å². The second-order valence-electron chi connectivity index (χ2n) is 4.31. The first-order chi connectivity index (χ1) is 9.11. The van der Waals surface area contributed by atoms with Gasteiger partial charge in [-0.1, -0.05) is 0 Å². The third-order valence-electron chi connectivity index (χ3n) is 2.43. The van der Waals surface area contributed by atoms with Crippen molar-refractivity contribution in [2.45, 2.75) is 31.2 Å². The van der Waals surface area contributed by atoms with Gasteiger partial charge in [-0.25, -0.2) is 0 Å². The van der Waals surface area contributed by atoms with Gasteiger partial charge in [-0.15, -0.1) is 24.2 Å². The molecule has 0 bridgehead atoms. The molecule has 1 aromatic rings. The van der Waals surface area contributed by atoms with Crippen LogP contribution in [0.1, 0.15) is 20.3 Å². The summed E-state index contributed by atoms with van der Waals surface area (Å²) >= 11 is 1.52. The second kappa shape index (κ2) is 10.8. The largest absolute Gasteiger partial charge is 0.494 e. The number of benzene rings is 1. The number of hydrogen-bond acceptors (Lipinski definition) is 4. The predicted octanol–water partition coefficient (Wildman–Crippen LogP) is 2.45. The van der Waals surface area contributed by atoms with Gasteiger partial charge in [0.25, 0.3) is 0 Å². The van der Waals surface area contributed by atoms with Gasteiger partial charge in [-0.05, 0) is 44.5 Å². The summed E-state index contributed by atoms with van der Waals surface area (Å²) in [5, 5.41) is 2.85. The number of rotatable bonds is 8. The molecule has 4 nitrogen and oxygen atoms in total. The van der Waals surface area contributed by atoms with Crippen molar-refractivity contribution in [2.24, 2.45) is 5.73 Å². The Morgan fingerprint density at radius 1 is 1.40 bits per heavy atom. The van der Waals surface area contributed by atoms with Crippen LogP contribution in [0.25, 0.3) is 0 Å². The van der Waals surface area contributed by atoms with Gasteiger partial charge in [0.2, 0.25) is 5.91 Å². The van der Waals surface area contributed by atoms with Gasteiger partial charge >= 0.3 is 0 Å². The highest BCUT2D eigenvalue weighted by molar-refractivity contribution is 8.00. The first kappa shape index (κ1) is 19.1. The third kappa shape index (κ3) is 8.30. The van der Waals surface area contributed by atoms with E-state index >= 15 is 0 Å². The molecule has 0 aliphatic heterocycles. The van der Waals surface area contributed by atoms with Crippen LogP contribution >= 0.6 is 24.2 Å². The lowest BCUT2D eigenvalue weighted by Crippen LogP contribution is -2.30. The molecule has 0 spiro atoms. The third-order valence-corrected chi connectivity index (χ3v) is 3.44. The number of halogens is 1. The summed E-state index contributed by atoms with van der Waals surface area (Å²) in [7, 11) is 0. The Hall–Kier alpha value is -0.910. The second-order valence-corrected chi connectivity index (χ2v) is 5.36. The number of nitrogens with one attached hydrogen (secondary N) is 1.